The first-order valence-electron chi connectivity index (χ1n) is 7.37. The summed E-state index contributed by atoms with van der Waals surface area (Å²) in [6.45, 7) is 1.21. The lowest BCUT2D eigenvalue weighted by atomic mass is 10.0. The number of halogens is 1. The minimum atomic E-state index is -0.172. The second kappa shape index (κ2) is 6.83. The summed E-state index contributed by atoms with van der Waals surface area (Å²) in [4.78, 5) is 30.0. The van der Waals surface area contributed by atoms with Gasteiger partial charge in [-0.15, -0.1) is 0 Å². The Morgan fingerprint density at radius 2 is 2.04 bits per heavy atom. The first kappa shape index (κ1) is 15.6. The largest absolute Gasteiger partial charge is 0.472 e. The molecule has 1 aliphatic rings. The molecule has 1 saturated heterocycles. The summed E-state index contributed by atoms with van der Waals surface area (Å²) < 4.78 is 4.94. The van der Waals surface area contributed by atoms with Crippen LogP contribution in [0.15, 0.2) is 41.3 Å². The SMILES string of the molecule is O=C(NC1CCN(C(=O)c2ccoc2)CC1)c1ccnc(Cl)c1. The van der Waals surface area contributed by atoms with Crippen molar-refractivity contribution in [3.8, 4) is 0 Å². The normalized spacial score (nSPS) is 15.4. The molecule has 120 valence electrons. The summed E-state index contributed by atoms with van der Waals surface area (Å²) in [5, 5.41) is 3.26. The summed E-state index contributed by atoms with van der Waals surface area (Å²) in [5.41, 5.74) is 1.04. The molecule has 1 fully saturated rings. The minimum Gasteiger partial charge on any atom is -0.472 e. The van der Waals surface area contributed by atoms with E-state index < -0.39 is 0 Å². The first-order chi connectivity index (χ1) is 11.1. The van der Waals surface area contributed by atoms with Crippen molar-refractivity contribution in [2.45, 2.75) is 18.9 Å². The van der Waals surface area contributed by atoms with Crippen LogP contribution in [-0.4, -0.2) is 40.8 Å². The van der Waals surface area contributed by atoms with E-state index in [2.05, 4.69) is 10.3 Å². The smallest absolute Gasteiger partial charge is 0.257 e. The number of hydrogen-bond donors (Lipinski definition) is 1. The van der Waals surface area contributed by atoms with Gasteiger partial charge in [0, 0.05) is 30.9 Å². The van der Waals surface area contributed by atoms with Gasteiger partial charge < -0.3 is 14.6 Å². The number of amides is 2. The number of carbonyl (C=O) groups excluding carboxylic acids is 2. The molecule has 0 aliphatic carbocycles. The number of furan rings is 1. The van der Waals surface area contributed by atoms with Gasteiger partial charge in [-0.05, 0) is 31.0 Å². The Morgan fingerprint density at radius 1 is 1.26 bits per heavy atom. The van der Waals surface area contributed by atoms with Crippen molar-refractivity contribution in [3.05, 3.63) is 53.2 Å². The maximum absolute atomic E-state index is 12.2. The molecular weight excluding hydrogens is 318 g/mol. The van der Waals surface area contributed by atoms with Crippen LogP contribution >= 0.6 is 11.6 Å². The molecule has 6 nitrogen and oxygen atoms in total. The molecule has 3 rings (SSSR count). The lowest BCUT2D eigenvalue weighted by molar-refractivity contribution is 0.0697. The molecule has 3 heterocycles. The molecule has 23 heavy (non-hydrogen) atoms. The van der Waals surface area contributed by atoms with Crippen LogP contribution in [0.1, 0.15) is 33.6 Å². The highest BCUT2D eigenvalue weighted by atomic mass is 35.5. The fraction of sp³-hybridized carbons (Fsp3) is 0.312. The van der Waals surface area contributed by atoms with Crippen LogP contribution in [0.2, 0.25) is 5.15 Å². The zero-order valence-electron chi connectivity index (χ0n) is 12.4. The van der Waals surface area contributed by atoms with Crippen LogP contribution in [0, 0.1) is 0 Å². The van der Waals surface area contributed by atoms with E-state index in [-0.39, 0.29) is 23.0 Å². The third kappa shape index (κ3) is 3.71. The number of aromatic nitrogens is 1. The fourth-order valence-corrected chi connectivity index (χ4v) is 2.78. The predicted octanol–water partition coefficient (Wildman–Crippen LogP) is 2.36. The molecule has 1 aliphatic heterocycles. The van der Waals surface area contributed by atoms with Crippen molar-refractivity contribution in [2.75, 3.05) is 13.1 Å². The molecule has 7 heteroatoms. The molecule has 0 atom stereocenters. The third-order valence-corrected chi connectivity index (χ3v) is 4.08. The van der Waals surface area contributed by atoms with Gasteiger partial charge in [0.05, 0.1) is 11.8 Å². The number of hydrogen-bond acceptors (Lipinski definition) is 4. The van der Waals surface area contributed by atoms with Crippen LogP contribution in [-0.2, 0) is 0 Å². The van der Waals surface area contributed by atoms with Gasteiger partial charge >= 0.3 is 0 Å². The number of likely N-dealkylation sites (tertiary alicyclic amines) is 1. The number of nitrogens with one attached hydrogen (secondary N) is 1. The standard InChI is InChI=1S/C16H16ClN3O3/c17-14-9-11(1-5-18-14)15(21)19-13-2-6-20(7-3-13)16(22)12-4-8-23-10-12/h1,4-5,8-10,13H,2-3,6-7H2,(H,19,21). The Bertz CT molecular complexity index is 694. The van der Waals surface area contributed by atoms with Gasteiger partial charge in [-0.25, -0.2) is 4.98 Å². The lowest BCUT2D eigenvalue weighted by Gasteiger charge is -2.32. The molecule has 0 bridgehead atoms. The summed E-state index contributed by atoms with van der Waals surface area (Å²) in [5.74, 6) is -0.210. The Balaban J connectivity index is 1.53. The first-order valence-corrected chi connectivity index (χ1v) is 7.75. The molecule has 1 N–H and O–H groups in total. The van der Waals surface area contributed by atoms with E-state index in [1.54, 1.807) is 17.0 Å². The monoisotopic (exact) mass is 333 g/mol. The van der Waals surface area contributed by atoms with Crippen LogP contribution in [0.4, 0.5) is 0 Å². The van der Waals surface area contributed by atoms with Gasteiger partial charge in [0.25, 0.3) is 11.8 Å². The molecule has 0 spiro atoms. The van der Waals surface area contributed by atoms with Crippen molar-refractivity contribution in [1.29, 1.82) is 0 Å². The van der Waals surface area contributed by atoms with Crippen molar-refractivity contribution < 1.29 is 14.0 Å². The lowest BCUT2D eigenvalue weighted by Crippen LogP contribution is -2.46. The third-order valence-electron chi connectivity index (χ3n) is 3.87. The molecule has 0 radical (unpaired) electrons. The summed E-state index contributed by atoms with van der Waals surface area (Å²) in [7, 11) is 0. The Labute approximate surface area is 138 Å². The average Bonchev–Trinajstić information content (AvgIpc) is 3.09. The summed E-state index contributed by atoms with van der Waals surface area (Å²) in [6.07, 6.45) is 5.87. The highest BCUT2D eigenvalue weighted by molar-refractivity contribution is 6.29. The topological polar surface area (TPSA) is 75.4 Å². The highest BCUT2D eigenvalue weighted by Crippen LogP contribution is 2.15. The zero-order chi connectivity index (χ0) is 16.2. The van der Waals surface area contributed by atoms with Gasteiger partial charge in [-0.2, -0.15) is 0 Å². The number of pyridine rings is 1. The van der Waals surface area contributed by atoms with Crippen LogP contribution in [0.5, 0.6) is 0 Å². The van der Waals surface area contributed by atoms with Gasteiger partial charge in [0.2, 0.25) is 0 Å². The van der Waals surface area contributed by atoms with E-state index in [0.29, 0.717) is 37.1 Å². The van der Waals surface area contributed by atoms with E-state index in [4.69, 9.17) is 16.0 Å². The summed E-state index contributed by atoms with van der Waals surface area (Å²) in [6, 6.07) is 4.86. The molecule has 2 aromatic heterocycles. The average molecular weight is 334 g/mol. The molecule has 2 aromatic rings. The van der Waals surface area contributed by atoms with Gasteiger partial charge in [0.15, 0.2) is 0 Å². The second-order valence-electron chi connectivity index (χ2n) is 5.42. The van der Waals surface area contributed by atoms with Crippen molar-refractivity contribution in [1.82, 2.24) is 15.2 Å². The maximum Gasteiger partial charge on any atom is 0.257 e. The number of nitrogens with zero attached hydrogens (tertiary/aromatic N) is 2. The summed E-state index contributed by atoms with van der Waals surface area (Å²) >= 11 is 5.79. The fourth-order valence-electron chi connectivity index (χ4n) is 2.61. The van der Waals surface area contributed by atoms with Gasteiger partial charge in [-0.1, -0.05) is 11.6 Å². The highest BCUT2D eigenvalue weighted by Gasteiger charge is 2.25. The molecule has 0 unspecified atom stereocenters. The Kier molecular flexibility index (Phi) is 4.62. The quantitative estimate of drug-likeness (QED) is 0.875. The van der Waals surface area contributed by atoms with Crippen LogP contribution in [0.25, 0.3) is 0 Å². The number of rotatable bonds is 3. The number of carbonyl (C=O) groups is 2. The van der Waals surface area contributed by atoms with Crippen molar-refractivity contribution in [2.24, 2.45) is 0 Å². The van der Waals surface area contributed by atoms with Crippen LogP contribution in [0.3, 0.4) is 0 Å². The van der Waals surface area contributed by atoms with E-state index in [1.807, 2.05) is 0 Å². The Hall–Kier alpha value is -2.34. The Morgan fingerprint density at radius 3 is 2.70 bits per heavy atom. The van der Waals surface area contributed by atoms with Crippen molar-refractivity contribution >= 4 is 23.4 Å². The molecule has 2 amide bonds. The molecular formula is C16H16ClN3O3. The van der Waals surface area contributed by atoms with Crippen LogP contribution < -0.4 is 5.32 Å². The van der Waals surface area contributed by atoms with Gasteiger partial charge in [0.1, 0.15) is 11.4 Å². The predicted molar refractivity (Wildman–Crippen MR) is 84.3 cm³/mol. The zero-order valence-corrected chi connectivity index (χ0v) is 13.1. The van der Waals surface area contributed by atoms with E-state index in [9.17, 15) is 9.59 Å². The molecule has 0 aromatic carbocycles. The van der Waals surface area contributed by atoms with E-state index >= 15 is 0 Å². The minimum absolute atomic E-state index is 0.0376. The van der Waals surface area contributed by atoms with E-state index in [0.717, 1.165) is 0 Å². The second-order valence-corrected chi connectivity index (χ2v) is 5.81. The molecule has 0 saturated carbocycles. The number of piperidine rings is 1. The van der Waals surface area contributed by atoms with Gasteiger partial charge in [-0.3, -0.25) is 9.59 Å². The van der Waals surface area contributed by atoms with Crippen molar-refractivity contribution in [3.63, 3.8) is 0 Å². The maximum atomic E-state index is 12.2. The van der Waals surface area contributed by atoms with E-state index in [1.165, 1.54) is 24.8 Å².